The Kier molecular flexibility index (Phi) is 6.66. The summed E-state index contributed by atoms with van der Waals surface area (Å²) in [5.74, 6) is -0.0713. The number of rotatable bonds is 4. The van der Waals surface area contributed by atoms with E-state index >= 15 is 0 Å². The summed E-state index contributed by atoms with van der Waals surface area (Å²) in [7, 11) is 0. The summed E-state index contributed by atoms with van der Waals surface area (Å²) in [5.41, 5.74) is 5.32. The van der Waals surface area contributed by atoms with Crippen LogP contribution in [0.2, 0.25) is 0 Å². The third kappa shape index (κ3) is 5.83. The van der Waals surface area contributed by atoms with Crippen LogP contribution in [0.5, 0.6) is 0 Å². The molecule has 0 aromatic carbocycles. The van der Waals surface area contributed by atoms with E-state index < -0.39 is 11.6 Å². The van der Waals surface area contributed by atoms with Crippen LogP contribution in [0.25, 0.3) is 0 Å². The second kappa shape index (κ2) is 7.81. The Balaban J connectivity index is 2.59. The maximum absolute atomic E-state index is 12.3. The van der Waals surface area contributed by atoms with Crippen LogP contribution in [0, 0.1) is 5.92 Å². The van der Waals surface area contributed by atoms with Crippen LogP contribution >= 0.6 is 0 Å². The van der Waals surface area contributed by atoms with Gasteiger partial charge in [0.1, 0.15) is 5.60 Å². The number of carbonyl (C=O) groups excluding carboxylic acids is 2. The first-order valence-electron chi connectivity index (χ1n) is 8.14. The quantitative estimate of drug-likeness (QED) is 0.830. The third-order valence-corrected chi connectivity index (χ3v) is 3.79. The molecule has 1 aliphatic rings. The fraction of sp³-hybridized carbons (Fsp3) is 0.875. The van der Waals surface area contributed by atoms with Gasteiger partial charge in [0.25, 0.3) is 0 Å². The molecule has 0 spiro atoms. The molecule has 6 heteroatoms. The highest BCUT2D eigenvalue weighted by Crippen LogP contribution is 2.20. The molecule has 0 aromatic rings. The lowest BCUT2D eigenvalue weighted by Crippen LogP contribution is -2.53. The zero-order chi connectivity index (χ0) is 16.9. The molecule has 0 unspecified atom stereocenters. The van der Waals surface area contributed by atoms with E-state index in [4.69, 9.17) is 10.5 Å². The van der Waals surface area contributed by atoms with E-state index in [1.807, 2.05) is 34.6 Å². The fourth-order valence-electron chi connectivity index (χ4n) is 2.41. The molecule has 0 saturated carbocycles. The van der Waals surface area contributed by atoms with Crippen LogP contribution < -0.4 is 11.1 Å². The second-order valence-corrected chi connectivity index (χ2v) is 7.34. The van der Waals surface area contributed by atoms with E-state index in [1.54, 1.807) is 4.90 Å². The smallest absolute Gasteiger partial charge is 0.410 e. The van der Waals surface area contributed by atoms with Gasteiger partial charge in [-0.1, -0.05) is 13.8 Å². The standard InChI is InChI=1S/C16H31N3O3/c1-11(2)13(17)14(20)18-10-12-8-6-7-9-19(12)15(21)22-16(3,4)5/h11-13H,6-10,17H2,1-5H3,(H,18,20)/t12-,13+/m1/s1. The summed E-state index contributed by atoms with van der Waals surface area (Å²) in [5, 5.41) is 2.87. The predicted octanol–water partition coefficient (Wildman–Crippen LogP) is 1.88. The molecule has 1 fully saturated rings. The lowest BCUT2D eigenvalue weighted by Gasteiger charge is -2.37. The minimum atomic E-state index is -0.515. The number of nitrogens with two attached hydrogens (primary N) is 1. The molecule has 1 heterocycles. The highest BCUT2D eigenvalue weighted by atomic mass is 16.6. The molecule has 6 nitrogen and oxygen atoms in total. The summed E-state index contributed by atoms with van der Waals surface area (Å²) in [6, 6.07) is -0.537. The molecule has 2 amide bonds. The average molecular weight is 313 g/mol. The first-order chi connectivity index (χ1) is 10.1. The average Bonchev–Trinajstić information content (AvgIpc) is 2.42. The van der Waals surface area contributed by atoms with Crippen molar-refractivity contribution in [3.63, 3.8) is 0 Å². The van der Waals surface area contributed by atoms with Gasteiger partial charge in [-0.25, -0.2) is 4.79 Å². The molecule has 22 heavy (non-hydrogen) atoms. The van der Waals surface area contributed by atoms with Gasteiger partial charge in [-0.15, -0.1) is 0 Å². The maximum atomic E-state index is 12.3. The number of amides is 2. The molecule has 0 radical (unpaired) electrons. The van der Waals surface area contributed by atoms with Gasteiger partial charge in [0.2, 0.25) is 5.91 Å². The number of hydrogen-bond acceptors (Lipinski definition) is 4. The molecule has 3 N–H and O–H groups in total. The largest absolute Gasteiger partial charge is 0.444 e. The molecular formula is C16H31N3O3. The summed E-state index contributed by atoms with van der Waals surface area (Å²) < 4.78 is 5.45. The molecular weight excluding hydrogens is 282 g/mol. The van der Waals surface area contributed by atoms with Crippen LogP contribution in [0.15, 0.2) is 0 Å². The van der Waals surface area contributed by atoms with Crippen molar-refractivity contribution in [2.45, 2.75) is 71.6 Å². The van der Waals surface area contributed by atoms with Crippen molar-refractivity contribution in [2.75, 3.05) is 13.1 Å². The third-order valence-electron chi connectivity index (χ3n) is 3.79. The molecule has 1 saturated heterocycles. The van der Waals surface area contributed by atoms with Gasteiger partial charge in [0, 0.05) is 13.1 Å². The normalized spacial score (nSPS) is 20.7. The van der Waals surface area contributed by atoms with Crippen LogP contribution in [0.4, 0.5) is 4.79 Å². The Morgan fingerprint density at radius 3 is 2.50 bits per heavy atom. The van der Waals surface area contributed by atoms with Crippen molar-refractivity contribution >= 4 is 12.0 Å². The predicted molar refractivity (Wildman–Crippen MR) is 86.4 cm³/mol. The van der Waals surface area contributed by atoms with E-state index in [9.17, 15) is 9.59 Å². The summed E-state index contributed by atoms with van der Waals surface area (Å²) in [6.45, 7) is 10.5. The molecule has 2 atom stereocenters. The first kappa shape index (κ1) is 18.7. The molecule has 1 aliphatic heterocycles. The topological polar surface area (TPSA) is 84.7 Å². The number of likely N-dealkylation sites (tertiary alicyclic amines) is 1. The van der Waals surface area contributed by atoms with E-state index in [1.165, 1.54) is 0 Å². The molecule has 1 rings (SSSR count). The Morgan fingerprint density at radius 1 is 1.32 bits per heavy atom. The van der Waals surface area contributed by atoms with E-state index in [0.29, 0.717) is 13.1 Å². The van der Waals surface area contributed by atoms with Crippen molar-refractivity contribution in [2.24, 2.45) is 11.7 Å². The number of hydrogen-bond donors (Lipinski definition) is 2. The number of ether oxygens (including phenoxy) is 1. The highest BCUT2D eigenvalue weighted by molar-refractivity contribution is 5.81. The van der Waals surface area contributed by atoms with Gasteiger partial charge in [0.15, 0.2) is 0 Å². The molecule has 128 valence electrons. The van der Waals surface area contributed by atoms with Gasteiger partial charge < -0.3 is 20.7 Å². The fourth-order valence-corrected chi connectivity index (χ4v) is 2.41. The molecule has 0 bridgehead atoms. The van der Waals surface area contributed by atoms with Crippen LogP contribution in [0.3, 0.4) is 0 Å². The van der Waals surface area contributed by atoms with Crippen molar-refractivity contribution in [1.29, 1.82) is 0 Å². The number of nitrogens with one attached hydrogen (secondary N) is 1. The Labute approximate surface area is 133 Å². The molecule has 0 aliphatic carbocycles. The summed E-state index contributed by atoms with van der Waals surface area (Å²) >= 11 is 0. The second-order valence-electron chi connectivity index (χ2n) is 7.34. The van der Waals surface area contributed by atoms with Gasteiger partial charge in [0.05, 0.1) is 12.1 Å². The molecule has 0 aromatic heterocycles. The summed E-state index contributed by atoms with van der Waals surface area (Å²) in [4.78, 5) is 26.0. The number of piperidine rings is 1. The Hall–Kier alpha value is -1.30. The van der Waals surface area contributed by atoms with Crippen molar-refractivity contribution < 1.29 is 14.3 Å². The van der Waals surface area contributed by atoms with Crippen LogP contribution in [-0.4, -0.2) is 47.7 Å². The van der Waals surface area contributed by atoms with Gasteiger partial charge >= 0.3 is 6.09 Å². The van der Waals surface area contributed by atoms with Gasteiger partial charge in [-0.3, -0.25) is 4.79 Å². The van der Waals surface area contributed by atoms with Gasteiger partial charge in [-0.05, 0) is 46.0 Å². The highest BCUT2D eigenvalue weighted by Gasteiger charge is 2.31. The van der Waals surface area contributed by atoms with Crippen molar-refractivity contribution in [1.82, 2.24) is 10.2 Å². The first-order valence-corrected chi connectivity index (χ1v) is 8.14. The van der Waals surface area contributed by atoms with E-state index in [2.05, 4.69) is 5.32 Å². The zero-order valence-electron chi connectivity index (χ0n) is 14.5. The summed E-state index contributed by atoms with van der Waals surface area (Å²) in [6.07, 6.45) is 2.58. The Morgan fingerprint density at radius 2 is 1.95 bits per heavy atom. The lowest BCUT2D eigenvalue weighted by atomic mass is 10.0. The monoisotopic (exact) mass is 313 g/mol. The minimum absolute atomic E-state index is 0.0214. The minimum Gasteiger partial charge on any atom is -0.444 e. The zero-order valence-corrected chi connectivity index (χ0v) is 14.5. The van der Waals surface area contributed by atoms with Crippen molar-refractivity contribution in [3.05, 3.63) is 0 Å². The van der Waals surface area contributed by atoms with Gasteiger partial charge in [-0.2, -0.15) is 0 Å². The lowest BCUT2D eigenvalue weighted by molar-refractivity contribution is -0.123. The number of carbonyl (C=O) groups is 2. The van der Waals surface area contributed by atoms with Crippen LogP contribution in [0.1, 0.15) is 53.9 Å². The van der Waals surface area contributed by atoms with E-state index in [0.717, 1.165) is 19.3 Å². The van der Waals surface area contributed by atoms with E-state index in [-0.39, 0.29) is 24.0 Å². The SMILES string of the molecule is CC(C)[C@H](N)C(=O)NC[C@H]1CCCCN1C(=O)OC(C)(C)C. The van der Waals surface area contributed by atoms with Crippen molar-refractivity contribution in [3.8, 4) is 0 Å². The Bertz CT molecular complexity index is 391. The van der Waals surface area contributed by atoms with Crippen LogP contribution in [-0.2, 0) is 9.53 Å². The number of nitrogens with zero attached hydrogens (tertiary/aromatic N) is 1. The maximum Gasteiger partial charge on any atom is 0.410 e.